The van der Waals surface area contributed by atoms with Crippen molar-refractivity contribution in [2.75, 3.05) is 19.6 Å². The highest BCUT2D eigenvalue weighted by atomic mass is 32.2. The molecule has 0 bridgehead atoms. The summed E-state index contributed by atoms with van der Waals surface area (Å²) in [4.78, 5) is 14.8. The van der Waals surface area contributed by atoms with Crippen LogP contribution in [0.4, 0.5) is 0 Å². The number of amides is 1. The molecule has 0 aliphatic carbocycles. The summed E-state index contributed by atoms with van der Waals surface area (Å²) in [7, 11) is 10.0. The van der Waals surface area contributed by atoms with Crippen LogP contribution in [-0.2, 0) is 14.8 Å². The highest BCUT2D eigenvalue weighted by Crippen LogP contribution is 2.21. The molecule has 3 rings (SSSR count). The number of likely N-dealkylation sites (tertiary alicyclic amines) is 1. The van der Waals surface area contributed by atoms with E-state index in [2.05, 4.69) is 10.0 Å². The molecular weight excluding hydrogens is 419 g/mol. The van der Waals surface area contributed by atoms with Crippen LogP contribution in [0.15, 0.2) is 59.5 Å². The van der Waals surface area contributed by atoms with Crippen LogP contribution in [0.1, 0.15) is 31.2 Å². The molecule has 5 radical (unpaired) electrons. The van der Waals surface area contributed by atoms with E-state index in [-0.39, 0.29) is 29.3 Å². The SMILES string of the molecule is [B][B]c1ccccc1C(CC)C([B])NC(=O)CN1CCC(NS(=O)(=O)c2ccccc2)C1. The number of nitrogens with zero attached hydrogens (tertiary/aromatic N) is 1. The number of benzene rings is 2. The van der Waals surface area contributed by atoms with Gasteiger partial charge in [-0.05, 0) is 36.8 Å². The Morgan fingerprint density at radius 1 is 1.19 bits per heavy atom. The Bertz CT molecular complexity index is 1010. The Morgan fingerprint density at radius 2 is 1.88 bits per heavy atom. The van der Waals surface area contributed by atoms with Gasteiger partial charge in [-0.3, -0.25) is 9.69 Å². The van der Waals surface area contributed by atoms with Gasteiger partial charge in [0, 0.05) is 26.9 Å². The first kappa shape index (κ1) is 24.6. The molecule has 1 amide bonds. The number of nitrogens with one attached hydrogen (secondary N) is 2. The molecule has 1 saturated heterocycles. The number of carbonyl (C=O) groups is 1. The molecule has 10 heteroatoms. The summed E-state index contributed by atoms with van der Waals surface area (Å²) in [6.07, 6.45) is 1.39. The molecule has 1 aliphatic rings. The van der Waals surface area contributed by atoms with Gasteiger partial charge >= 0.3 is 0 Å². The fraction of sp³-hybridized carbons (Fsp3) is 0.409. The van der Waals surface area contributed by atoms with Crippen LogP contribution in [0.25, 0.3) is 0 Å². The van der Waals surface area contributed by atoms with Crippen LogP contribution in [0, 0.1) is 0 Å². The monoisotopic (exact) mass is 446 g/mol. The van der Waals surface area contributed by atoms with Gasteiger partial charge in [0.1, 0.15) is 0 Å². The Hall–Kier alpha value is -2.03. The lowest BCUT2D eigenvalue weighted by Gasteiger charge is -2.28. The van der Waals surface area contributed by atoms with E-state index < -0.39 is 16.0 Å². The van der Waals surface area contributed by atoms with Crippen LogP contribution in [0.2, 0.25) is 0 Å². The highest BCUT2D eigenvalue weighted by Gasteiger charge is 2.29. The maximum Gasteiger partial charge on any atom is 0.240 e. The second-order valence-electron chi connectivity index (χ2n) is 8.06. The third-order valence-electron chi connectivity index (χ3n) is 5.79. The van der Waals surface area contributed by atoms with Crippen molar-refractivity contribution in [2.24, 2.45) is 0 Å². The van der Waals surface area contributed by atoms with Gasteiger partial charge in [-0.2, -0.15) is 0 Å². The van der Waals surface area contributed by atoms with Crippen molar-refractivity contribution >= 4 is 44.1 Å². The van der Waals surface area contributed by atoms with E-state index in [0.29, 0.717) is 19.5 Å². The van der Waals surface area contributed by atoms with Crippen molar-refractivity contribution < 1.29 is 13.2 Å². The minimum Gasteiger partial charge on any atom is -0.360 e. The van der Waals surface area contributed by atoms with Gasteiger partial charge in [0.15, 0.2) is 0 Å². The molecule has 2 N–H and O–H groups in total. The average Bonchev–Trinajstić information content (AvgIpc) is 3.20. The van der Waals surface area contributed by atoms with E-state index >= 15 is 0 Å². The Morgan fingerprint density at radius 3 is 2.56 bits per heavy atom. The molecule has 2 aromatic carbocycles. The maximum atomic E-state index is 12.6. The summed E-state index contributed by atoms with van der Waals surface area (Å²) in [5.74, 6) is -0.806. The van der Waals surface area contributed by atoms with Crippen molar-refractivity contribution in [1.29, 1.82) is 0 Å². The molecule has 2 aromatic rings. The Kier molecular flexibility index (Phi) is 8.62. The van der Waals surface area contributed by atoms with E-state index in [1.807, 2.05) is 36.1 Å². The van der Waals surface area contributed by atoms with E-state index in [4.69, 9.17) is 15.6 Å². The van der Waals surface area contributed by atoms with Gasteiger partial charge < -0.3 is 5.32 Å². The predicted molar refractivity (Wildman–Crippen MR) is 130 cm³/mol. The van der Waals surface area contributed by atoms with E-state index in [1.165, 1.54) is 0 Å². The summed E-state index contributed by atoms with van der Waals surface area (Å²) in [6, 6.07) is 15.8. The fourth-order valence-electron chi connectivity index (χ4n) is 4.16. The van der Waals surface area contributed by atoms with Crippen LogP contribution < -0.4 is 15.5 Å². The number of hydrogen-bond acceptors (Lipinski definition) is 4. The third-order valence-corrected chi connectivity index (χ3v) is 7.33. The summed E-state index contributed by atoms with van der Waals surface area (Å²) in [5, 5.41) is 2.90. The summed E-state index contributed by atoms with van der Waals surface area (Å²) < 4.78 is 27.8. The minimum absolute atomic E-state index is 0.0704. The number of hydrogen-bond donors (Lipinski definition) is 2. The van der Waals surface area contributed by atoms with Crippen molar-refractivity contribution in [1.82, 2.24) is 14.9 Å². The first-order chi connectivity index (χ1) is 15.3. The zero-order chi connectivity index (χ0) is 23.1. The molecule has 0 spiro atoms. The molecule has 32 heavy (non-hydrogen) atoms. The molecule has 0 saturated carbocycles. The van der Waals surface area contributed by atoms with Gasteiger partial charge in [0.2, 0.25) is 15.9 Å². The Labute approximate surface area is 194 Å². The number of carbonyl (C=O) groups excluding carboxylic acids is 1. The van der Waals surface area contributed by atoms with Gasteiger partial charge in [0.05, 0.1) is 26.5 Å². The topological polar surface area (TPSA) is 78.5 Å². The van der Waals surface area contributed by atoms with Crippen LogP contribution in [0.3, 0.4) is 0 Å². The average molecular weight is 446 g/mol. The normalized spacial score (nSPS) is 18.7. The zero-order valence-corrected chi connectivity index (χ0v) is 19.1. The zero-order valence-electron chi connectivity index (χ0n) is 18.3. The quantitative estimate of drug-likeness (QED) is 0.514. The summed E-state index contributed by atoms with van der Waals surface area (Å²) in [6.45, 7) is 3.29. The van der Waals surface area contributed by atoms with Gasteiger partial charge in [-0.1, -0.05) is 60.4 Å². The molecule has 1 heterocycles. The van der Waals surface area contributed by atoms with E-state index in [1.54, 1.807) is 37.5 Å². The Balaban J connectivity index is 1.53. The van der Waals surface area contributed by atoms with Crippen molar-refractivity contribution in [3.8, 4) is 0 Å². The first-order valence-electron chi connectivity index (χ1n) is 10.8. The second kappa shape index (κ2) is 11.2. The third kappa shape index (κ3) is 6.27. The van der Waals surface area contributed by atoms with Gasteiger partial charge in [-0.25, -0.2) is 13.1 Å². The van der Waals surface area contributed by atoms with E-state index in [0.717, 1.165) is 17.4 Å². The van der Waals surface area contributed by atoms with Gasteiger partial charge in [-0.15, -0.1) is 0 Å². The molecule has 3 atom stereocenters. The van der Waals surface area contributed by atoms with Crippen molar-refractivity contribution in [3.05, 3.63) is 60.2 Å². The highest BCUT2D eigenvalue weighted by molar-refractivity contribution is 7.89. The second-order valence-corrected chi connectivity index (χ2v) is 9.77. The molecular formula is C22H27B3N3O3S. The standard InChI is InChI=1S/C22H27B3N3O3S/c1-2-18(19-10-6-7-11-20(19)25-24)22(23)26-21(29)15-28-13-12-16(14-28)27-32(30,31)17-8-4-3-5-9-17/h3-11,16,18,22,27H,2,12-15H2,1H3,(H,26,29). The minimum atomic E-state index is -3.58. The molecule has 6 nitrogen and oxygen atoms in total. The van der Waals surface area contributed by atoms with E-state index in [9.17, 15) is 13.2 Å². The molecule has 1 aliphatic heterocycles. The van der Waals surface area contributed by atoms with Crippen LogP contribution in [-0.4, -0.2) is 73.6 Å². The lowest BCUT2D eigenvalue weighted by atomic mass is 9.49. The first-order valence-corrected chi connectivity index (χ1v) is 12.3. The summed E-state index contributed by atoms with van der Waals surface area (Å²) in [5.41, 5.74) is 1.90. The molecule has 0 aromatic heterocycles. The molecule has 163 valence electrons. The smallest absolute Gasteiger partial charge is 0.240 e. The largest absolute Gasteiger partial charge is 0.360 e. The van der Waals surface area contributed by atoms with Gasteiger partial charge in [0.25, 0.3) is 0 Å². The van der Waals surface area contributed by atoms with Crippen LogP contribution in [0.5, 0.6) is 0 Å². The van der Waals surface area contributed by atoms with Crippen molar-refractivity contribution in [3.63, 3.8) is 0 Å². The lowest BCUT2D eigenvalue weighted by molar-refractivity contribution is -0.122. The number of rotatable bonds is 10. The predicted octanol–water partition coefficient (Wildman–Crippen LogP) is 0.257. The fourth-order valence-corrected chi connectivity index (χ4v) is 5.45. The molecule has 3 unspecified atom stereocenters. The maximum absolute atomic E-state index is 12.6. The summed E-state index contributed by atoms with van der Waals surface area (Å²) >= 11 is 0. The van der Waals surface area contributed by atoms with Crippen molar-refractivity contribution in [2.45, 2.75) is 42.6 Å². The number of sulfonamides is 1. The van der Waals surface area contributed by atoms with Crippen LogP contribution >= 0.6 is 0 Å². The lowest BCUT2D eigenvalue weighted by Crippen LogP contribution is -2.46. The molecule has 1 fully saturated rings.